The summed E-state index contributed by atoms with van der Waals surface area (Å²) in [6.45, 7) is 4.07. The summed E-state index contributed by atoms with van der Waals surface area (Å²) < 4.78 is 3.19. The number of para-hydroxylation sites is 1. The summed E-state index contributed by atoms with van der Waals surface area (Å²) in [6.07, 6.45) is 7.04. The van der Waals surface area contributed by atoms with Crippen molar-refractivity contribution in [3.63, 3.8) is 0 Å². The van der Waals surface area contributed by atoms with Crippen LogP contribution in [0.5, 0.6) is 0 Å². The van der Waals surface area contributed by atoms with Crippen molar-refractivity contribution in [2.75, 3.05) is 0 Å². The van der Waals surface area contributed by atoms with E-state index in [0.717, 1.165) is 33.6 Å². The van der Waals surface area contributed by atoms with Crippen molar-refractivity contribution in [1.29, 1.82) is 0 Å². The van der Waals surface area contributed by atoms with Gasteiger partial charge in [-0.3, -0.25) is 9.78 Å². The molecule has 0 fully saturated rings. The van der Waals surface area contributed by atoms with Crippen LogP contribution in [-0.4, -0.2) is 30.6 Å². The maximum atomic E-state index is 13.6. The van der Waals surface area contributed by atoms with Gasteiger partial charge in [0.2, 0.25) is 0 Å². The molecule has 184 valence electrons. The van der Waals surface area contributed by atoms with Gasteiger partial charge in [-0.1, -0.05) is 59.7 Å². The van der Waals surface area contributed by atoms with Gasteiger partial charge < -0.3 is 0 Å². The third-order valence-corrected chi connectivity index (χ3v) is 6.37. The molecule has 0 N–H and O–H groups in total. The van der Waals surface area contributed by atoms with Gasteiger partial charge in [0.05, 0.1) is 22.8 Å². The molecule has 0 amide bonds. The van der Waals surface area contributed by atoms with E-state index >= 15 is 0 Å². The first-order valence-electron chi connectivity index (χ1n) is 12.3. The monoisotopic (exact) mass is 496 g/mol. The Morgan fingerprint density at radius 3 is 2.21 bits per heavy atom. The molecule has 6 aromatic rings. The Labute approximate surface area is 219 Å². The third-order valence-electron chi connectivity index (χ3n) is 6.37. The van der Waals surface area contributed by atoms with E-state index in [1.165, 1.54) is 10.2 Å². The fourth-order valence-electron chi connectivity index (χ4n) is 4.29. The maximum Gasteiger partial charge on any atom is 0.282 e. The summed E-state index contributed by atoms with van der Waals surface area (Å²) in [5.74, 6) is 0.473. The molecule has 0 aliphatic rings. The maximum absolute atomic E-state index is 13.6. The van der Waals surface area contributed by atoms with E-state index in [-0.39, 0.29) is 5.56 Å². The van der Waals surface area contributed by atoms with E-state index < -0.39 is 0 Å². The van der Waals surface area contributed by atoms with Crippen molar-refractivity contribution in [2.24, 2.45) is 5.10 Å². The Morgan fingerprint density at radius 2 is 1.47 bits per heavy atom. The molecule has 6 rings (SSSR count). The van der Waals surface area contributed by atoms with Crippen molar-refractivity contribution in [1.82, 2.24) is 24.4 Å². The van der Waals surface area contributed by atoms with E-state index in [9.17, 15) is 4.79 Å². The van der Waals surface area contributed by atoms with Crippen LogP contribution in [-0.2, 0) is 0 Å². The van der Waals surface area contributed by atoms with Crippen LogP contribution in [0.1, 0.15) is 16.7 Å². The van der Waals surface area contributed by atoms with E-state index in [0.29, 0.717) is 16.7 Å². The number of aromatic nitrogens is 5. The molecule has 0 unspecified atom stereocenters. The summed E-state index contributed by atoms with van der Waals surface area (Å²) >= 11 is 0. The van der Waals surface area contributed by atoms with Crippen molar-refractivity contribution in [3.05, 3.63) is 131 Å². The third kappa shape index (κ3) is 4.41. The molecule has 0 spiro atoms. The molecule has 0 atom stereocenters. The number of rotatable bonds is 5. The van der Waals surface area contributed by atoms with Crippen LogP contribution >= 0.6 is 0 Å². The van der Waals surface area contributed by atoms with Crippen LogP contribution < -0.4 is 5.56 Å². The van der Waals surface area contributed by atoms with Gasteiger partial charge in [0, 0.05) is 35.3 Å². The molecule has 38 heavy (non-hydrogen) atoms. The Kier molecular flexibility index (Phi) is 5.94. The average Bonchev–Trinajstić information content (AvgIpc) is 3.38. The van der Waals surface area contributed by atoms with E-state index in [1.807, 2.05) is 104 Å². The molecule has 0 radical (unpaired) electrons. The average molecular weight is 497 g/mol. The van der Waals surface area contributed by atoms with Gasteiger partial charge in [0.1, 0.15) is 5.69 Å². The van der Waals surface area contributed by atoms with Gasteiger partial charge in [-0.25, -0.2) is 9.67 Å². The first-order valence-corrected chi connectivity index (χ1v) is 12.3. The largest absolute Gasteiger partial charge is 0.282 e. The van der Waals surface area contributed by atoms with Crippen LogP contribution in [0.2, 0.25) is 0 Å². The standard InChI is InChI=1S/C31H24N6O/c1-21-7-11-24(12-8-21)30-34-28-6-4-3-5-27(28)31(38)37(30)33-19-25-20-36(26-13-9-22(2)10-14-26)35-29(25)23-15-17-32-18-16-23/h3-20H,1-2H3/b33-19+. The molecule has 0 aliphatic heterocycles. The first kappa shape index (κ1) is 23.2. The molecule has 3 aromatic carbocycles. The molecule has 7 nitrogen and oxygen atoms in total. The minimum atomic E-state index is -0.237. The van der Waals surface area contributed by atoms with Crippen molar-refractivity contribution < 1.29 is 0 Å². The smallest absolute Gasteiger partial charge is 0.267 e. The van der Waals surface area contributed by atoms with Gasteiger partial charge in [0.25, 0.3) is 5.56 Å². The van der Waals surface area contributed by atoms with E-state index in [1.54, 1.807) is 24.7 Å². The number of pyridine rings is 1. The highest BCUT2D eigenvalue weighted by molar-refractivity contribution is 5.89. The van der Waals surface area contributed by atoms with Crippen LogP contribution in [0.25, 0.3) is 39.2 Å². The summed E-state index contributed by atoms with van der Waals surface area (Å²) in [7, 11) is 0. The SMILES string of the molecule is Cc1ccc(-c2nc3ccccc3c(=O)n2/N=C/c2cn(-c3ccc(C)cc3)nc2-c2ccncc2)cc1. The van der Waals surface area contributed by atoms with Crippen LogP contribution in [0, 0.1) is 13.8 Å². The number of fused-ring (bicyclic) bond motifs is 1. The fraction of sp³-hybridized carbons (Fsp3) is 0.0645. The summed E-state index contributed by atoms with van der Waals surface area (Å²) in [5.41, 5.74) is 6.80. The molecule has 0 saturated carbocycles. The van der Waals surface area contributed by atoms with Gasteiger partial charge >= 0.3 is 0 Å². The van der Waals surface area contributed by atoms with Crippen LogP contribution in [0.3, 0.4) is 0 Å². The van der Waals surface area contributed by atoms with Crippen LogP contribution in [0.15, 0.2) is 113 Å². The topological polar surface area (TPSA) is 78.0 Å². The normalized spacial score (nSPS) is 11.4. The second-order valence-electron chi connectivity index (χ2n) is 9.13. The van der Waals surface area contributed by atoms with Gasteiger partial charge in [-0.2, -0.15) is 14.9 Å². The molecular weight excluding hydrogens is 472 g/mol. The minimum absolute atomic E-state index is 0.237. The molecule has 3 heterocycles. The van der Waals surface area contributed by atoms with Crippen molar-refractivity contribution in [3.8, 4) is 28.3 Å². The molecule has 3 aromatic heterocycles. The molecule has 0 bridgehead atoms. The lowest BCUT2D eigenvalue weighted by molar-refractivity contribution is 0.829. The van der Waals surface area contributed by atoms with Crippen molar-refractivity contribution in [2.45, 2.75) is 13.8 Å². The molecule has 0 aliphatic carbocycles. The molecule has 0 saturated heterocycles. The Morgan fingerprint density at radius 1 is 0.789 bits per heavy atom. The Hall–Kier alpha value is -5.17. The number of nitrogens with zero attached hydrogens (tertiary/aromatic N) is 6. The Balaban J connectivity index is 1.53. The Bertz CT molecular complexity index is 1830. The van der Waals surface area contributed by atoms with Crippen molar-refractivity contribution >= 4 is 17.1 Å². The lowest BCUT2D eigenvalue weighted by Gasteiger charge is -2.09. The van der Waals surface area contributed by atoms with Gasteiger partial charge in [-0.05, 0) is 50.2 Å². The highest BCUT2D eigenvalue weighted by atomic mass is 16.1. The number of benzene rings is 3. The lowest BCUT2D eigenvalue weighted by Crippen LogP contribution is -2.20. The predicted molar refractivity (Wildman–Crippen MR) is 151 cm³/mol. The zero-order valence-corrected chi connectivity index (χ0v) is 21.0. The zero-order chi connectivity index (χ0) is 26.1. The van der Waals surface area contributed by atoms with Gasteiger partial charge in [-0.15, -0.1) is 0 Å². The minimum Gasteiger partial charge on any atom is -0.267 e. The summed E-state index contributed by atoms with van der Waals surface area (Å²) in [4.78, 5) is 22.6. The number of aryl methyl sites for hydroxylation is 2. The number of hydrogen-bond donors (Lipinski definition) is 0. The molecular formula is C31H24N6O. The summed E-state index contributed by atoms with van der Waals surface area (Å²) in [5, 5.41) is 10.0. The highest BCUT2D eigenvalue weighted by Crippen LogP contribution is 2.23. The summed E-state index contributed by atoms with van der Waals surface area (Å²) in [6, 6.07) is 27.2. The predicted octanol–water partition coefficient (Wildman–Crippen LogP) is 5.81. The second kappa shape index (κ2) is 9.71. The zero-order valence-electron chi connectivity index (χ0n) is 21.0. The second-order valence-corrected chi connectivity index (χ2v) is 9.13. The van der Waals surface area contributed by atoms with E-state index in [2.05, 4.69) is 10.1 Å². The first-order chi connectivity index (χ1) is 18.6. The lowest BCUT2D eigenvalue weighted by atomic mass is 10.1. The fourth-order valence-corrected chi connectivity index (χ4v) is 4.29. The number of hydrogen-bond acceptors (Lipinski definition) is 5. The highest BCUT2D eigenvalue weighted by Gasteiger charge is 2.14. The molecule has 7 heteroatoms. The quantitative estimate of drug-likeness (QED) is 0.282. The van der Waals surface area contributed by atoms with Gasteiger partial charge in [0.15, 0.2) is 5.82 Å². The van der Waals surface area contributed by atoms with E-state index in [4.69, 9.17) is 10.1 Å². The van der Waals surface area contributed by atoms with Crippen LogP contribution in [0.4, 0.5) is 0 Å².